The number of rotatable bonds is 5. The van der Waals surface area contributed by atoms with Crippen LogP contribution in [0.25, 0.3) is 0 Å². The van der Waals surface area contributed by atoms with Gasteiger partial charge in [-0.1, -0.05) is 20.8 Å². The normalized spacial score (nSPS) is 17.2. The molecular formula is C13H22N4. The van der Waals surface area contributed by atoms with E-state index in [1.807, 2.05) is 6.07 Å². The summed E-state index contributed by atoms with van der Waals surface area (Å²) in [6.45, 7) is 6.62. The second-order valence-electron chi connectivity index (χ2n) is 5.21. The summed E-state index contributed by atoms with van der Waals surface area (Å²) in [7, 11) is 0. The molecule has 0 aliphatic heterocycles. The maximum atomic E-state index is 5.83. The molecule has 2 rings (SSSR count). The minimum absolute atomic E-state index is 0.441. The Morgan fingerprint density at radius 1 is 1.41 bits per heavy atom. The Bertz CT molecular complexity index is 385. The predicted molar refractivity (Wildman–Crippen MR) is 71.0 cm³/mol. The number of nitrogen functional groups attached to an aromatic ring is 1. The maximum Gasteiger partial charge on any atom is 0.136 e. The zero-order valence-corrected chi connectivity index (χ0v) is 10.9. The number of nitrogens with zero attached hydrogens (tertiary/aromatic N) is 2. The summed E-state index contributed by atoms with van der Waals surface area (Å²) >= 11 is 0. The lowest BCUT2D eigenvalue weighted by Crippen LogP contribution is -2.25. The van der Waals surface area contributed by atoms with E-state index >= 15 is 0 Å². The highest BCUT2D eigenvalue weighted by Crippen LogP contribution is 2.38. The van der Waals surface area contributed by atoms with Crippen LogP contribution in [0.5, 0.6) is 0 Å². The van der Waals surface area contributed by atoms with E-state index < -0.39 is 0 Å². The van der Waals surface area contributed by atoms with E-state index in [4.69, 9.17) is 5.73 Å². The van der Waals surface area contributed by atoms with Crippen molar-refractivity contribution in [3.05, 3.63) is 11.9 Å². The number of hydrogen-bond acceptors (Lipinski definition) is 4. The van der Waals surface area contributed by atoms with Crippen LogP contribution in [0, 0.1) is 5.92 Å². The molecule has 4 heteroatoms. The highest BCUT2D eigenvalue weighted by Gasteiger charge is 2.27. The molecule has 0 spiro atoms. The van der Waals surface area contributed by atoms with Crippen molar-refractivity contribution < 1.29 is 0 Å². The van der Waals surface area contributed by atoms with Gasteiger partial charge in [0.05, 0.1) is 0 Å². The second kappa shape index (κ2) is 4.90. The van der Waals surface area contributed by atoms with Gasteiger partial charge in [0.25, 0.3) is 0 Å². The first-order valence-corrected chi connectivity index (χ1v) is 6.51. The van der Waals surface area contributed by atoms with Gasteiger partial charge in [0, 0.05) is 18.0 Å². The van der Waals surface area contributed by atoms with Gasteiger partial charge in [-0.3, -0.25) is 0 Å². The van der Waals surface area contributed by atoms with Crippen LogP contribution in [0.3, 0.4) is 0 Å². The maximum absolute atomic E-state index is 5.83. The first-order valence-electron chi connectivity index (χ1n) is 6.51. The topological polar surface area (TPSA) is 63.8 Å². The van der Waals surface area contributed by atoms with Crippen LogP contribution in [-0.4, -0.2) is 16.0 Å². The summed E-state index contributed by atoms with van der Waals surface area (Å²) in [6.07, 6.45) is 3.48. The van der Waals surface area contributed by atoms with Crippen LogP contribution in [0.1, 0.15) is 51.8 Å². The molecule has 1 atom stereocenters. The fraction of sp³-hybridized carbons (Fsp3) is 0.692. The van der Waals surface area contributed by atoms with Crippen LogP contribution >= 0.6 is 0 Å². The smallest absolute Gasteiger partial charge is 0.136 e. The van der Waals surface area contributed by atoms with Gasteiger partial charge in [0.2, 0.25) is 0 Å². The van der Waals surface area contributed by atoms with Crippen molar-refractivity contribution in [3.63, 3.8) is 0 Å². The van der Waals surface area contributed by atoms with Gasteiger partial charge >= 0.3 is 0 Å². The van der Waals surface area contributed by atoms with Gasteiger partial charge in [-0.05, 0) is 25.2 Å². The van der Waals surface area contributed by atoms with Gasteiger partial charge in [-0.15, -0.1) is 0 Å². The number of aromatic nitrogens is 2. The molecule has 0 radical (unpaired) electrons. The molecule has 3 N–H and O–H groups in total. The molecule has 1 unspecified atom stereocenters. The third kappa shape index (κ3) is 3.08. The minimum Gasteiger partial charge on any atom is -0.384 e. The van der Waals surface area contributed by atoms with Crippen molar-refractivity contribution in [1.82, 2.24) is 9.97 Å². The van der Waals surface area contributed by atoms with Crippen molar-refractivity contribution in [2.24, 2.45) is 5.92 Å². The molecule has 1 aliphatic carbocycles. The SMILES string of the molecule is CCC(Nc1cc(N)nc(C2CC2)n1)C(C)C. The molecule has 0 aromatic carbocycles. The van der Waals surface area contributed by atoms with Crippen LogP contribution in [0.2, 0.25) is 0 Å². The lowest BCUT2D eigenvalue weighted by atomic mass is 10.0. The quantitative estimate of drug-likeness (QED) is 0.822. The molecule has 1 saturated carbocycles. The van der Waals surface area contributed by atoms with Crippen molar-refractivity contribution in [2.75, 3.05) is 11.1 Å². The van der Waals surface area contributed by atoms with Crippen molar-refractivity contribution in [1.29, 1.82) is 0 Å². The second-order valence-corrected chi connectivity index (χ2v) is 5.21. The molecular weight excluding hydrogens is 212 g/mol. The average Bonchev–Trinajstić information content (AvgIpc) is 3.08. The van der Waals surface area contributed by atoms with Crippen LogP contribution in [-0.2, 0) is 0 Å². The summed E-state index contributed by atoms with van der Waals surface area (Å²) in [4.78, 5) is 8.86. The van der Waals surface area contributed by atoms with Crippen LogP contribution in [0.4, 0.5) is 11.6 Å². The van der Waals surface area contributed by atoms with E-state index in [0.29, 0.717) is 23.7 Å². The Balaban J connectivity index is 2.14. The largest absolute Gasteiger partial charge is 0.384 e. The van der Waals surface area contributed by atoms with Gasteiger partial charge in [-0.2, -0.15) is 0 Å². The Morgan fingerprint density at radius 2 is 2.12 bits per heavy atom. The third-order valence-corrected chi connectivity index (χ3v) is 3.28. The third-order valence-electron chi connectivity index (χ3n) is 3.28. The fourth-order valence-electron chi connectivity index (χ4n) is 2.01. The monoisotopic (exact) mass is 234 g/mol. The Labute approximate surface area is 103 Å². The summed E-state index contributed by atoms with van der Waals surface area (Å²) in [6, 6.07) is 2.27. The number of hydrogen-bond donors (Lipinski definition) is 2. The Hall–Kier alpha value is -1.32. The molecule has 0 amide bonds. The average molecular weight is 234 g/mol. The fourth-order valence-corrected chi connectivity index (χ4v) is 2.01. The van der Waals surface area contributed by atoms with E-state index in [9.17, 15) is 0 Å². The molecule has 1 aromatic heterocycles. The zero-order chi connectivity index (χ0) is 12.4. The van der Waals surface area contributed by atoms with E-state index in [-0.39, 0.29) is 0 Å². The van der Waals surface area contributed by atoms with Crippen LogP contribution in [0.15, 0.2) is 6.07 Å². The molecule has 1 aliphatic rings. The lowest BCUT2D eigenvalue weighted by Gasteiger charge is -2.21. The van der Waals surface area contributed by atoms with Crippen LogP contribution < -0.4 is 11.1 Å². The van der Waals surface area contributed by atoms with E-state index in [2.05, 4.69) is 36.1 Å². The van der Waals surface area contributed by atoms with E-state index in [1.165, 1.54) is 12.8 Å². The summed E-state index contributed by atoms with van der Waals surface area (Å²) in [5, 5.41) is 3.46. The number of nitrogens with two attached hydrogens (primary N) is 1. The first kappa shape index (κ1) is 12.1. The number of nitrogens with one attached hydrogen (secondary N) is 1. The summed E-state index contributed by atoms with van der Waals surface area (Å²) in [5.41, 5.74) is 5.83. The van der Waals surface area contributed by atoms with E-state index in [0.717, 1.165) is 18.1 Å². The molecule has 0 saturated heterocycles. The molecule has 1 fully saturated rings. The summed E-state index contributed by atoms with van der Waals surface area (Å²) < 4.78 is 0. The highest BCUT2D eigenvalue weighted by atomic mass is 15.1. The summed E-state index contributed by atoms with van der Waals surface area (Å²) in [5.74, 6) is 3.48. The molecule has 94 valence electrons. The highest BCUT2D eigenvalue weighted by molar-refractivity contribution is 5.46. The first-order chi connectivity index (χ1) is 8.10. The molecule has 1 heterocycles. The van der Waals surface area contributed by atoms with Gasteiger partial charge in [0.1, 0.15) is 17.5 Å². The zero-order valence-electron chi connectivity index (χ0n) is 10.9. The van der Waals surface area contributed by atoms with E-state index in [1.54, 1.807) is 0 Å². The minimum atomic E-state index is 0.441. The van der Waals surface area contributed by atoms with Crippen molar-refractivity contribution in [3.8, 4) is 0 Å². The number of anilines is 2. The van der Waals surface area contributed by atoms with Gasteiger partial charge < -0.3 is 11.1 Å². The van der Waals surface area contributed by atoms with Gasteiger partial charge in [-0.25, -0.2) is 9.97 Å². The Morgan fingerprint density at radius 3 is 2.65 bits per heavy atom. The molecule has 0 bridgehead atoms. The standard InChI is InChI=1S/C13H22N4/c1-4-10(8(2)3)15-12-7-11(14)16-13(17-12)9-5-6-9/h7-10H,4-6H2,1-3H3,(H3,14,15,16,17). The van der Waals surface area contributed by atoms with Gasteiger partial charge in [0.15, 0.2) is 0 Å². The molecule has 17 heavy (non-hydrogen) atoms. The van der Waals surface area contributed by atoms with Crippen molar-refractivity contribution >= 4 is 11.6 Å². The molecule has 4 nitrogen and oxygen atoms in total. The van der Waals surface area contributed by atoms with Crippen molar-refractivity contribution in [2.45, 2.75) is 52.0 Å². The lowest BCUT2D eigenvalue weighted by molar-refractivity contribution is 0.509. The molecule has 1 aromatic rings. The Kier molecular flexibility index (Phi) is 3.50. The predicted octanol–water partition coefficient (Wildman–Crippen LogP) is 2.78.